The highest BCUT2D eigenvalue weighted by Crippen LogP contribution is 2.29. The Balaban J connectivity index is 0. The lowest BCUT2D eigenvalue weighted by Gasteiger charge is -2.15. The van der Waals surface area contributed by atoms with Gasteiger partial charge < -0.3 is 0 Å². The summed E-state index contributed by atoms with van der Waals surface area (Å²) in [5, 5.41) is 0. The van der Waals surface area contributed by atoms with Crippen LogP contribution in [0.1, 0.15) is 147 Å². The van der Waals surface area contributed by atoms with Gasteiger partial charge in [0, 0.05) is 0 Å². The van der Waals surface area contributed by atoms with Crippen LogP contribution < -0.4 is 0 Å². The molecule has 2 aromatic rings. The van der Waals surface area contributed by atoms with Gasteiger partial charge in [-0.3, -0.25) is 0 Å². The summed E-state index contributed by atoms with van der Waals surface area (Å²) in [5.74, 6) is 0.653. The zero-order valence-corrected chi connectivity index (χ0v) is 28.4. The first-order chi connectivity index (χ1) is 19.1. The van der Waals surface area contributed by atoms with Gasteiger partial charge in [0.1, 0.15) is 0 Å². The second kappa shape index (κ2) is 25.4. The summed E-state index contributed by atoms with van der Waals surface area (Å²) in [5.41, 5.74) is 10.8. The van der Waals surface area contributed by atoms with E-state index >= 15 is 0 Å². The smallest absolute Gasteiger partial charge is 0.0155 e. The monoisotopic (exact) mass is 545 g/mol. The summed E-state index contributed by atoms with van der Waals surface area (Å²) in [6, 6.07) is 15.2. The maximum atomic E-state index is 3.80. The summed E-state index contributed by atoms with van der Waals surface area (Å²) >= 11 is 0. The third-order valence-corrected chi connectivity index (χ3v) is 6.73. The highest BCUT2D eigenvalue weighted by atomic mass is 14.1. The van der Waals surface area contributed by atoms with Crippen LogP contribution in [0, 0.1) is 13.8 Å². The first-order valence-corrected chi connectivity index (χ1v) is 15.9. The average Bonchev–Trinajstić information content (AvgIpc) is 2.96. The number of unbranched alkanes of at least 4 members (excludes halogenated alkanes) is 4. The van der Waals surface area contributed by atoms with Gasteiger partial charge in [-0.1, -0.05) is 165 Å². The van der Waals surface area contributed by atoms with E-state index in [0.717, 1.165) is 6.42 Å². The number of rotatable bonds is 8. The van der Waals surface area contributed by atoms with E-state index in [1.165, 1.54) is 89.5 Å². The third kappa shape index (κ3) is 18.6. The molecule has 0 saturated heterocycles. The quantitative estimate of drug-likeness (QED) is 0.229. The molecule has 0 nitrogen and oxygen atoms in total. The molecule has 224 valence electrons. The molecular formula is C40H64. The van der Waals surface area contributed by atoms with Crippen LogP contribution in [0.4, 0.5) is 0 Å². The van der Waals surface area contributed by atoms with E-state index in [9.17, 15) is 0 Å². The van der Waals surface area contributed by atoms with Crippen molar-refractivity contribution in [3.05, 3.63) is 107 Å². The molecule has 0 atom stereocenters. The minimum absolute atomic E-state index is 0.653. The molecular weight excluding hydrogens is 480 g/mol. The van der Waals surface area contributed by atoms with Crippen molar-refractivity contribution in [3.63, 3.8) is 0 Å². The van der Waals surface area contributed by atoms with Crippen LogP contribution in [0.3, 0.4) is 0 Å². The average molecular weight is 545 g/mol. The fraction of sp³-hybridized carbons (Fsp3) is 0.500. The Morgan fingerprint density at radius 1 is 0.900 bits per heavy atom. The topological polar surface area (TPSA) is 0 Å². The van der Waals surface area contributed by atoms with Crippen molar-refractivity contribution >= 4 is 11.6 Å². The number of benzene rings is 2. The molecule has 0 unspecified atom stereocenters. The van der Waals surface area contributed by atoms with Gasteiger partial charge in [-0.25, -0.2) is 0 Å². The highest BCUT2D eigenvalue weighted by Gasteiger charge is 2.08. The van der Waals surface area contributed by atoms with Gasteiger partial charge in [-0.05, 0) is 80.7 Å². The second-order valence-electron chi connectivity index (χ2n) is 10.9. The van der Waals surface area contributed by atoms with Gasteiger partial charge in [0.25, 0.3) is 0 Å². The summed E-state index contributed by atoms with van der Waals surface area (Å²) in [7, 11) is 0. The molecule has 0 saturated carbocycles. The van der Waals surface area contributed by atoms with Crippen LogP contribution in [-0.4, -0.2) is 0 Å². The molecule has 0 heterocycles. The van der Waals surface area contributed by atoms with Crippen molar-refractivity contribution in [2.75, 3.05) is 0 Å². The maximum Gasteiger partial charge on any atom is -0.0155 e. The fourth-order valence-electron chi connectivity index (χ4n) is 3.92. The molecule has 0 spiro atoms. The Kier molecular flexibility index (Phi) is 25.1. The minimum atomic E-state index is 0.653. The van der Waals surface area contributed by atoms with E-state index < -0.39 is 0 Å². The molecule has 40 heavy (non-hydrogen) atoms. The predicted molar refractivity (Wildman–Crippen MR) is 188 cm³/mol. The standard InChI is InChI=1S/C16H18.C10H14.C7H16.C5H10.C2H6/c1-4-14-9-10-16(13(3)11-14)15-8-6-5-7-12(15)2;1-8(2)10-6-4-5-9(3)7-10;1-3-5-7-6-4-2;1-4-5(2)3;1-2/h4,6,8-11H,1,5,7H2,2-3H3;4-8H,1-3H3;3-7H2,1-2H3;2,4H2,1,3H3;1-2H3. The summed E-state index contributed by atoms with van der Waals surface area (Å²) in [6.45, 7) is 31.1. The second-order valence-corrected chi connectivity index (χ2v) is 10.9. The number of allylic oxidation sites excluding steroid dienone is 5. The van der Waals surface area contributed by atoms with E-state index in [2.05, 4.69) is 123 Å². The Morgan fingerprint density at radius 3 is 1.90 bits per heavy atom. The van der Waals surface area contributed by atoms with E-state index in [1.54, 1.807) is 0 Å². The van der Waals surface area contributed by atoms with E-state index in [0.29, 0.717) is 5.92 Å². The number of hydrogen-bond donors (Lipinski definition) is 0. The van der Waals surface area contributed by atoms with Gasteiger partial charge >= 0.3 is 0 Å². The van der Waals surface area contributed by atoms with Gasteiger partial charge in [0.15, 0.2) is 0 Å². The first kappa shape index (κ1) is 39.5. The SMILES string of the molecule is C=C(C)CC.C=Cc1ccc(C2=C(C)CCC=C2)c(C)c1.CC.CCCCCCC.Cc1cccc(C(C)C)c1. The van der Waals surface area contributed by atoms with Crippen molar-refractivity contribution in [2.45, 2.75) is 133 Å². The lowest BCUT2D eigenvalue weighted by atomic mass is 9.90. The molecule has 0 bridgehead atoms. The predicted octanol–water partition coefficient (Wildman–Crippen LogP) is 13.9. The zero-order valence-electron chi connectivity index (χ0n) is 28.4. The van der Waals surface area contributed by atoms with Crippen molar-refractivity contribution in [2.24, 2.45) is 0 Å². The molecule has 0 aliphatic heterocycles. The normalized spacial score (nSPS) is 11.5. The van der Waals surface area contributed by atoms with Gasteiger partial charge in [-0.2, -0.15) is 0 Å². The van der Waals surface area contributed by atoms with E-state index in [4.69, 9.17) is 0 Å². The summed E-state index contributed by atoms with van der Waals surface area (Å²) < 4.78 is 0. The maximum absolute atomic E-state index is 3.80. The molecule has 2 aromatic carbocycles. The Morgan fingerprint density at radius 2 is 1.50 bits per heavy atom. The largest absolute Gasteiger partial charge is 0.100 e. The van der Waals surface area contributed by atoms with Crippen molar-refractivity contribution in [1.29, 1.82) is 0 Å². The van der Waals surface area contributed by atoms with E-state index in [-0.39, 0.29) is 0 Å². The minimum Gasteiger partial charge on any atom is -0.100 e. The highest BCUT2D eigenvalue weighted by molar-refractivity contribution is 5.79. The van der Waals surface area contributed by atoms with Crippen LogP contribution in [0.15, 0.2) is 78.9 Å². The third-order valence-electron chi connectivity index (χ3n) is 6.73. The van der Waals surface area contributed by atoms with Crippen molar-refractivity contribution < 1.29 is 0 Å². The summed E-state index contributed by atoms with van der Waals surface area (Å²) in [6.07, 6.45) is 16.9. The molecule has 0 amide bonds. The van der Waals surface area contributed by atoms with Crippen molar-refractivity contribution in [3.8, 4) is 0 Å². The van der Waals surface area contributed by atoms with Crippen LogP contribution in [-0.2, 0) is 0 Å². The molecule has 3 rings (SSSR count). The first-order valence-electron chi connectivity index (χ1n) is 15.9. The molecule has 0 fully saturated rings. The molecule has 0 aromatic heterocycles. The molecule has 1 aliphatic carbocycles. The van der Waals surface area contributed by atoms with Gasteiger partial charge in [0.05, 0.1) is 0 Å². The lowest BCUT2D eigenvalue weighted by molar-refractivity contribution is 0.656. The number of hydrogen-bond acceptors (Lipinski definition) is 0. The zero-order chi connectivity index (χ0) is 30.9. The Bertz CT molecular complexity index is 992. The van der Waals surface area contributed by atoms with Crippen molar-refractivity contribution in [1.82, 2.24) is 0 Å². The van der Waals surface area contributed by atoms with Crippen LogP contribution in [0.25, 0.3) is 11.6 Å². The van der Waals surface area contributed by atoms with Crippen LogP contribution in [0.5, 0.6) is 0 Å². The Labute approximate surface area is 251 Å². The van der Waals surface area contributed by atoms with Gasteiger partial charge in [-0.15, -0.1) is 6.58 Å². The molecule has 0 radical (unpaired) electrons. The lowest BCUT2D eigenvalue weighted by Crippen LogP contribution is -1.94. The molecule has 0 heteroatoms. The summed E-state index contributed by atoms with van der Waals surface area (Å²) in [4.78, 5) is 0. The van der Waals surface area contributed by atoms with E-state index in [1.807, 2.05) is 26.8 Å². The van der Waals surface area contributed by atoms with Crippen LogP contribution in [0.2, 0.25) is 0 Å². The Hall–Kier alpha value is -2.60. The molecule has 0 N–H and O–H groups in total. The fourth-order valence-corrected chi connectivity index (χ4v) is 3.92. The molecule has 1 aliphatic rings. The van der Waals surface area contributed by atoms with Gasteiger partial charge in [0.2, 0.25) is 0 Å². The van der Waals surface area contributed by atoms with Crippen LogP contribution >= 0.6 is 0 Å². The number of aryl methyl sites for hydroxylation is 2.